The van der Waals surface area contributed by atoms with Crippen molar-refractivity contribution < 1.29 is 14.4 Å². The van der Waals surface area contributed by atoms with Crippen LogP contribution in [-0.2, 0) is 4.79 Å². The van der Waals surface area contributed by atoms with E-state index < -0.39 is 10.8 Å². The molecule has 1 aromatic carbocycles. The van der Waals surface area contributed by atoms with Crippen LogP contribution in [0.15, 0.2) is 24.3 Å². The van der Waals surface area contributed by atoms with Crippen LogP contribution >= 0.6 is 11.6 Å². The smallest absolute Gasteiger partial charge is 0.322 e. The van der Waals surface area contributed by atoms with Gasteiger partial charge in [0.25, 0.3) is 11.1 Å². The summed E-state index contributed by atoms with van der Waals surface area (Å²) in [4.78, 5) is 32.7. The van der Waals surface area contributed by atoms with Gasteiger partial charge in [-0.15, -0.1) is 0 Å². The second-order valence-corrected chi connectivity index (χ2v) is 5.48. The highest BCUT2D eigenvalue weighted by atomic mass is 35.5. The molecule has 1 spiro atoms. The first-order chi connectivity index (χ1) is 10.4. The van der Waals surface area contributed by atoms with Crippen LogP contribution in [0.5, 0.6) is 0 Å². The number of urea groups is 1. The minimum atomic E-state index is -0.609. The highest BCUT2D eigenvalue weighted by Crippen LogP contribution is 2.21. The number of anilines is 1. The number of halogens is 1. The van der Waals surface area contributed by atoms with Crippen LogP contribution in [0.3, 0.4) is 0 Å². The molecule has 2 aliphatic heterocycles. The van der Waals surface area contributed by atoms with Crippen molar-refractivity contribution in [3.63, 3.8) is 0 Å². The van der Waals surface area contributed by atoms with E-state index in [9.17, 15) is 14.4 Å². The molecular weight excluding hydrogens is 308 g/mol. The van der Waals surface area contributed by atoms with Crippen molar-refractivity contribution in [2.24, 2.45) is 0 Å². The molecule has 0 aromatic heterocycles. The van der Waals surface area contributed by atoms with Gasteiger partial charge in [0.1, 0.15) is 5.54 Å². The zero-order valence-electron chi connectivity index (χ0n) is 11.8. The van der Waals surface area contributed by atoms with Crippen LogP contribution < -0.4 is 21.7 Å². The third-order valence-electron chi connectivity index (χ3n) is 3.61. The Morgan fingerprint density at radius 1 is 1.14 bits per heavy atom. The number of hydrogen-bond acceptors (Lipinski definition) is 5. The molecule has 8 heteroatoms. The maximum Gasteiger partial charge on any atom is 0.322 e. The van der Waals surface area contributed by atoms with Crippen molar-refractivity contribution in [1.82, 2.24) is 16.0 Å². The van der Waals surface area contributed by atoms with Crippen molar-refractivity contribution >= 4 is 34.5 Å². The van der Waals surface area contributed by atoms with E-state index in [1.807, 2.05) is 0 Å². The summed E-state index contributed by atoms with van der Waals surface area (Å²) in [7, 11) is 0. The summed E-state index contributed by atoms with van der Waals surface area (Å²) in [6.45, 7) is 1.57. The molecule has 0 atom stereocenters. The third-order valence-corrected chi connectivity index (χ3v) is 3.83. The third kappa shape index (κ3) is 3.75. The molecule has 3 rings (SSSR count). The number of carbonyl (C=O) groups excluding carboxylic acids is 3. The number of benzene rings is 1. The predicted octanol–water partition coefficient (Wildman–Crippen LogP) is 0.596. The topological polar surface area (TPSA) is 113 Å². The first-order valence-electron chi connectivity index (χ1n) is 6.83. The van der Waals surface area contributed by atoms with Crippen LogP contribution in [0.25, 0.3) is 0 Å². The highest BCUT2D eigenvalue weighted by Gasteiger charge is 2.46. The van der Waals surface area contributed by atoms with Gasteiger partial charge in [-0.3, -0.25) is 14.9 Å². The van der Waals surface area contributed by atoms with Gasteiger partial charge in [-0.05, 0) is 61.8 Å². The number of amides is 3. The molecule has 2 heterocycles. The average Bonchev–Trinajstić information content (AvgIpc) is 2.74. The quantitative estimate of drug-likeness (QED) is 0.343. The van der Waals surface area contributed by atoms with Gasteiger partial charge in [0.15, 0.2) is 0 Å². The van der Waals surface area contributed by atoms with Crippen molar-refractivity contribution in [2.75, 3.05) is 18.8 Å². The molecule has 0 radical (unpaired) electrons. The van der Waals surface area contributed by atoms with E-state index in [1.54, 1.807) is 24.3 Å². The fourth-order valence-electron chi connectivity index (χ4n) is 2.35. The van der Waals surface area contributed by atoms with Crippen molar-refractivity contribution in [3.8, 4) is 0 Å². The lowest BCUT2D eigenvalue weighted by Crippen LogP contribution is -2.53. The summed E-state index contributed by atoms with van der Waals surface area (Å²) in [5.74, 6) is -0.172. The molecule has 2 saturated heterocycles. The van der Waals surface area contributed by atoms with E-state index in [-0.39, 0.29) is 11.9 Å². The molecule has 1 aromatic rings. The molecular formula is C14H17ClN4O3. The Morgan fingerprint density at radius 2 is 1.73 bits per heavy atom. The van der Waals surface area contributed by atoms with Gasteiger partial charge in [-0.25, -0.2) is 4.79 Å². The van der Waals surface area contributed by atoms with E-state index in [0.29, 0.717) is 24.1 Å². The van der Waals surface area contributed by atoms with E-state index >= 15 is 0 Å². The second kappa shape index (κ2) is 6.76. The van der Waals surface area contributed by atoms with Crippen LogP contribution in [0.1, 0.15) is 23.2 Å². The molecule has 7 nitrogen and oxygen atoms in total. The molecule has 0 aliphatic carbocycles. The summed E-state index contributed by atoms with van der Waals surface area (Å²) in [5.41, 5.74) is 5.86. The molecule has 22 heavy (non-hydrogen) atoms. The maximum absolute atomic E-state index is 11.3. The van der Waals surface area contributed by atoms with E-state index in [1.165, 1.54) is 0 Å². The van der Waals surface area contributed by atoms with Gasteiger partial charge < -0.3 is 16.4 Å². The van der Waals surface area contributed by atoms with Crippen molar-refractivity contribution in [2.45, 2.75) is 18.4 Å². The summed E-state index contributed by atoms with van der Waals surface area (Å²) in [6, 6.07) is 6.09. The van der Waals surface area contributed by atoms with Crippen LogP contribution in [0, 0.1) is 0 Å². The number of nitrogens with one attached hydrogen (secondary N) is 3. The number of piperidine rings is 1. The Balaban J connectivity index is 0.000000164. The van der Waals surface area contributed by atoms with Gasteiger partial charge in [0, 0.05) is 11.3 Å². The van der Waals surface area contributed by atoms with Crippen LogP contribution in [0.2, 0.25) is 0 Å². The number of hydrogen-bond donors (Lipinski definition) is 4. The van der Waals surface area contributed by atoms with Gasteiger partial charge in [-0.1, -0.05) is 0 Å². The number of imide groups is 1. The Morgan fingerprint density at radius 3 is 2.18 bits per heavy atom. The largest absolute Gasteiger partial charge is 0.399 e. The Hall–Kier alpha value is -2.12. The number of carbonyl (C=O) groups is 3. The lowest BCUT2D eigenvalue weighted by Gasteiger charge is -2.30. The van der Waals surface area contributed by atoms with Crippen molar-refractivity contribution in [1.29, 1.82) is 0 Å². The fourth-order valence-corrected chi connectivity index (χ4v) is 2.47. The molecule has 118 valence electrons. The van der Waals surface area contributed by atoms with E-state index in [4.69, 9.17) is 17.3 Å². The van der Waals surface area contributed by atoms with Gasteiger partial charge in [0.2, 0.25) is 0 Å². The molecule has 0 saturated carbocycles. The van der Waals surface area contributed by atoms with Crippen LogP contribution in [0.4, 0.5) is 10.5 Å². The molecule has 3 amide bonds. The van der Waals surface area contributed by atoms with E-state index in [2.05, 4.69) is 16.0 Å². The monoisotopic (exact) mass is 324 g/mol. The first-order valence-corrected chi connectivity index (χ1v) is 7.20. The van der Waals surface area contributed by atoms with Gasteiger partial charge >= 0.3 is 6.03 Å². The SMILES string of the molecule is Nc1ccc(C(=O)Cl)cc1.O=C1NC(=O)C2(CCNCC2)N1. The number of nitrogen functional groups attached to an aromatic ring is 1. The van der Waals surface area contributed by atoms with Gasteiger partial charge in [0.05, 0.1) is 0 Å². The normalized spacial score (nSPS) is 19.0. The molecule has 0 bridgehead atoms. The Bertz CT molecular complexity index is 582. The number of rotatable bonds is 1. The lowest BCUT2D eigenvalue weighted by molar-refractivity contribution is -0.124. The molecule has 2 fully saturated rings. The zero-order valence-corrected chi connectivity index (χ0v) is 12.6. The highest BCUT2D eigenvalue weighted by molar-refractivity contribution is 6.67. The molecule has 5 N–H and O–H groups in total. The van der Waals surface area contributed by atoms with E-state index in [0.717, 1.165) is 13.1 Å². The summed E-state index contributed by atoms with van der Waals surface area (Å²) >= 11 is 5.18. The predicted molar refractivity (Wildman–Crippen MR) is 82.5 cm³/mol. The standard InChI is InChI=1S/C7H6ClNO.C7H11N3O2/c8-7(10)5-1-3-6(9)4-2-5;11-5-7(10-6(12)9-5)1-3-8-4-2-7/h1-4H,9H2;8H,1-4H2,(H2,9,10,11,12). The van der Waals surface area contributed by atoms with Crippen molar-refractivity contribution in [3.05, 3.63) is 29.8 Å². The molecule has 2 aliphatic rings. The fraction of sp³-hybridized carbons (Fsp3) is 0.357. The first kappa shape index (κ1) is 16.3. The minimum absolute atomic E-state index is 0.172. The Labute approximate surface area is 132 Å². The molecule has 0 unspecified atom stereocenters. The number of nitrogens with two attached hydrogens (primary N) is 1. The zero-order chi connectivity index (χ0) is 16.2. The van der Waals surface area contributed by atoms with Crippen LogP contribution in [-0.4, -0.2) is 35.8 Å². The lowest BCUT2D eigenvalue weighted by atomic mass is 9.89. The second-order valence-electron chi connectivity index (χ2n) is 5.14. The summed E-state index contributed by atoms with van der Waals surface area (Å²) in [6.07, 6.45) is 1.37. The maximum atomic E-state index is 11.3. The summed E-state index contributed by atoms with van der Waals surface area (Å²) in [5, 5.41) is 7.62. The minimum Gasteiger partial charge on any atom is -0.399 e. The average molecular weight is 325 g/mol. The Kier molecular flexibility index (Phi) is 4.99. The van der Waals surface area contributed by atoms with Gasteiger partial charge in [-0.2, -0.15) is 0 Å². The summed E-state index contributed by atoms with van der Waals surface area (Å²) < 4.78 is 0.